The minimum atomic E-state index is -1.54. The molecule has 0 radical (unpaired) electrons. The van der Waals surface area contributed by atoms with Gasteiger partial charge in [-0.25, -0.2) is 0 Å². The summed E-state index contributed by atoms with van der Waals surface area (Å²) in [6.45, 7) is 10.9. The number of carbonyl (C=O) groups excluding carboxylic acids is 1. The molecule has 0 unspecified atom stereocenters. The number of hydrogen-bond donors (Lipinski definition) is 0. The smallest absolute Gasteiger partial charge is 0.184 e. The number of Topliss-reactive ketones (excluding diaryl/α,β-unsaturated/α-hetero) is 1. The first-order valence-corrected chi connectivity index (χ1v) is 10.4. The fourth-order valence-electron chi connectivity index (χ4n) is 2.69. The minimum Gasteiger partial charge on any atom is -0.414 e. The summed E-state index contributed by atoms with van der Waals surface area (Å²) in [5, 5.41) is 0. The highest BCUT2D eigenvalue weighted by atomic mass is 28.4. The molecule has 0 aromatic heterocycles. The first-order chi connectivity index (χ1) is 7.79. The van der Waals surface area contributed by atoms with Gasteiger partial charge in [0.1, 0.15) is 5.78 Å². The van der Waals surface area contributed by atoms with Gasteiger partial charge in [-0.1, -0.05) is 20.3 Å². The van der Waals surface area contributed by atoms with E-state index in [4.69, 9.17) is 4.43 Å². The lowest BCUT2D eigenvalue weighted by Gasteiger charge is -2.34. The van der Waals surface area contributed by atoms with E-state index < -0.39 is 8.32 Å². The number of unbranched alkanes of at least 4 members (excludes halogenated alkanes) is 1. The number of hydrogen-bond acceptors (Lipinski definition) is 2. The highest BCUT2D eigenvalue weighted by Gasteiger charge is 2.46. The molecule has 3 heteroatoms. The Labute approximate surface area is 107 Å². The first kappa shape index (κ1) is 14.9. The molecule has 1 saturated carbocycles. The van der Waals surface area contributed by atoms with Crippen LogP contribution in [0.3, 0.4) is 0 Å². The van der Waals surface area contributed by atoms with E-state index in [2.05, 4.69) is 33.5 Å². The Hall–Kier alpha value is -0.153. The standard InChI is InChI=1S/C14H28O2Si/c1-6-7-9-12(15)14(2)11-8-10-13(14)16-17(3,4)5/h13H,6-11H2,1-5H3/t13-,14-/m1/s1. The van der Waals surface area contributed by atoms with Crippen molar-refractivity contribution in [3.63, 3.8) is 0 Å². The highest BCUT2D eigenvalue weighted by Crippen LogP contribution is 2.42. The van der Waals surface area contributed by atoms with Gasteiger partial charge in [-0.2, -0.15) is 0 Å². The zero-order valence-corrected chi connectivity index (χ0v) is 13.1. The maximum atomic E-state index is 12.4. The van der Waals surface area contributed by atoms with Gasteiger partial charge in [-0.05, 0) is 45.3 Å². The van der Waals surface area contributed by atoms with E-state index in [0.717, 1.165) is 38.5 Å². The summed E-state index contributed by atoms with van der Waals surface area (Å²) in [5.74, 6) is 0.431. The van der Waals surface area contributed by atoms with Gasteiger partial charge in [0.2, 0.25) is 0 Å². The molecule has 1 aliphatic rings. The van der Waals surface area contributed by atoms with E-state index in [1.165, 1.54) is 0 Å². The SMILES string of the molecule is CCCCC(=O)[C@@]1(C)CCC[C@H]1O[Si](C)(C)C. The lowest BCUT2D eigenvalue weighted by atomic mass is 9.80. The molecule has 0 bridgehead atoms. The van der Waals surface area contributed by atoms with Crippen molar-refractivity contribution in [3.8, 4) is 0 Å². The van der Waals surface area contributed by atoms with Crippen LogP contribution < -0.4 is 0 Å². The topological polar surface area (TPSA) is 26.3 Å². The van der Waals surface area contributed by atoms with Gasteiger partial charge in [0.05, 0.1) is 11.5 Å². The summed E-state index contributed by atoms with van der Waals surface area (Å²) in [6.07, 6.45) is 6.26. The van der Waals surface area contributed by atoms with Crippen LogP contribution in [0.25, 0.3) is 0 Å². The van der Waals surface area contributed by atoms with Crippen LogP contribution >= 0.6 is 0 Å². The normalized spacial score (nSPS) is 29.6. The van der Waals surface area contributed by atoms with Crippen molar-refractivity contribution in [1.82, 2.24) is 0 Å². The molecule has 100 valence electrons. The van der Waals surface area contributed by atoms with Crippen molar-refractivity contribution < 1.29 is 9.22 Å². The monoisotopic (exact) mass is 256 g/mol. The summed E-state index contributed by atoms with van der Waals surface area (Å²) in [4.78, 5) is 12.4. The van der Waals surface area contributed by atoms with Crippen molar-refractivity contribution in [3.05, 3.63) is 0 Å². The third-order valence-corrected chi connectivity index (χ3v) is 4.75. The molecule has 1 fully saturated rings. The number of carbonyl (C=O) groups is 1. The average molecular weight is 256 g/mol. The zero-order valence-electron chi connectivity index (χ0n) is 12.1. The Kier molecular flexibility index (Phi) is 4.96. The fourth-order valence-corrected chi connectivity index (χ4v) is 3.92. The third-order valence-electron chi connectivity index (χ3n) is 3.76. The molecule has 17 heavy (non-hydrogen) atoms. The maximum Gasteiger partial charge on any atom is 0.184 e. The van der Waals surface area contributed by atoms with Crippen LogP contribution in [0.4, 0.5) is 0 Å². The largest absolute Gasteiger partial charge is 0.414 e. The molecule has 0 aliphatic heterocycles. The van der Waals surface area contributed by atoms with Gasteiger partial charge in [-0.3, -0.25) is 4.79 Å². The highest BCUT2D eigenvalue weighted by molar-refractivity contribution is 6.69. The van der Waals surface area contributed by atoms with Crippen molar-refractivity contribution in [2.45, 2.75) is 78.1 Å². The minimum absolute atomic E-state index is 0.179. The Morgan fingerprint density at radius 1 is 1.41 bits per heavy atom. The molecule has 1 aliphatic carbocycles. The second kappa shape index (κ2) is 5.66. The predicted octanol–water partition coefficient (Wildman–Crippen LogP) is 4.16. The fraction of sp³-hybridized carbons (Fsp3) is 0.929. The molecular formula is C14H28O2Si. The Balaban J connectivity index is 2.68. The van der Waals surface area contributed by atoms with E-state index in [-0.39, 0.29) is 11.5 Å². The Bertz CT molecular complexity index is 270. The van der Waals surface area contributed by atoms with Crippen LogP contribution in [0.5, 0.6) is 0 Å². The summed E-state index contributed by atoms with van der Waals surface area (Å²) < 4.78 is 6.23. The zero-order chi connectivity index (χ0) is 13.1. The van der Waals surface area contributed by atoms with Gasteiger partial charge in [0.15, 0.2) is 8.32 Å². The Morgan fingerprint density at radius 2 is 2.06 bits per heavy atom. The molecular weight excluding hydrogens is 228 g/mol. The van der Waals surface area contributed by atoms with Crippen LogP contribution in [-0.4, -0.2) is 20.2 Å². The second-order valence-corrected chi connectivity index (χ2v) is 11.0. The molecule has 0 aromatic rings. The van der Waals surface area contributed by atoms with Crippen LogP contribution in [0.15, 0.2) is 0 Å². The van der Waals surface area contributed by atoms with Crippen LogP contribution in [0.1, 0.15) is 52.4 Å². The van der Waals surface area contributed by atoms with Crippen molar-refractivity contribution in [1.29, 1.82) is 0 Å². The first-order valence-electron chi connectivity index (χ1n) is 7.01. The summed E-state index contributed by atoms with van der Waals surface area (Å²) in [7, 11) is -1.54. The molecule has 0 heterocycles. The molecule has 0 N–H and O–H groups in total. The van der Waals surface area contributed by atoms with Crippen LogP contribution in [0, 0.1) is 5.41 Å². The summed E-state index contributed by atoms with van der Waals surface area (Å²) in [5.41, 5.74) is -0.199. The molecule has 1 rings (SSSR count). The number of ketones is 1. The molecule has 2 nitrogen and oxygen atoms in total. The summed E-state index contributed by atoms with van der Waals surface area (Å²) in [6, 6.07) is 0. The molecule has 0 amide bonds. The lowest BCUT2D eigenvalue weighted by Crippen LogP contribution is -2.43. The lowest BCUT2D eigenvalue weighted by molar-refractivity contribution is -0.131. The molecule has 2 atom stereocenters. The van der Waals surface area contributed by atoms with Gasteiger partial charge in [0.25, 0.3) is 0 Å². The molecule has 0 spiro atoms. The Morgan fingerprint density at radius 3 is 2.59 bits per heavy atom. The van der Waals surface area contributed by atoms with Crippen LogP contribution in [-0.2, 0) is 9.22 Å². The van der Waals surface area contributed by atoms with E-state index in [1.54, 1.807) is 0 Å². The van der Waals surface area contributed by atoms with Crippen LogP contribution in [0.2, 0.25) is 19.6 Å². The van der Waals surface area contributed by atoms with Gasteiger partial charge in [-0.15, -0.1) is 0 Å². The van der Waals surface area contributed by atoms with E-state index in [0.29, 0.717) is 5.78 Å². The number of rotatable bonds is 6. The predicted molar refractivity (Wildman–Crippen MR) is 74.7 cm³/mol. The van der Waals surface area contributed by atoms with E-state index in [9.17, 15) is 4.79 Å². The van der Waals surface area contributed by atoms with Crippen molar-refractivity contribution in [2.75, 3.05) is 0 Å². The van der Waals surface area contributed by atoms with Gasteiger partial charge < -0.3 is 4.43 Å². The molecule has 0 aromatic carbocycles. The van der Waals surface area contributed by atoms with E-state index >= 15 is 0 Å². The van der Waals surface area contributed by atoms with E-state index in [1.807, 2.05) is 0 Å². The quantitative estimate of drug-likeness (QED) is 0.667. The van der Waals surface area contributed by atoms with Gasteiger partial charge >= 0.3 is 0 Å². The van der Waals surface area contributed by atoms with Crippen molar-refractivity contribution >= 4 is 14.1 Å². The average Bonchev–Trinajstić information content (AvgIpc) is 2.55. The summed E-state index contributed by atoms with van der Waals surface area (Å²) >= 11 is 0. The van der Waals surface area contributed by atoms with Gasteiger partial charge in [0, 0.05) is 6.42 Å². The molecule has 0 saturated heterocycles. The maximum absolute atomic E-state index is 12.4. The third kappa shape index (κ3) is 3.92. The second-order valence-electron chi connectivity index (χ2n) is 6.56. The van der Waals surface area contributed by atoms with Crippen molar-refractivity contribution in [2.24, 2.45) is 5.41 Å².